The molecule has 1 saturated heterocycles. The Labute approximate surface area is 149 Å². The molecule has 7 heteroatoms. The molecule has 2 rings (SSSR count). The number of carbonyl (C=O) groups excluding carboxylic acids is 1. The molecule has 1 heterocycles. The summed E-state index contributed by atoms with van der Waals surface area (Å²) in [6.07, 6.45) is 1.05. The van der Waals surface area contributed by atoms with Crippen molar-refractivity contribution < 1.29 is 17.6 Å². The summed E-state index contributed by atoms with van der Waals surface area (Å²) in [5.41, 5.74) is 0.562. The van der Waals surface area contributed by atoms with E-state index in [9.17, 15) is 17.6 Å². The third kappa shape index (κ3) is 5.51. The first-order valence-electron chi connectivity index (χ1n) is 8.71. The highest BCUT2D eigenvalue weighted by atomic mass is 32.2. The number of nitrogens with one attached hydrogen (secondary N) is 1. The van der Waals surface area contributed by atoms with Crippen molar-refractivity contribution in [2.45, 2.75) is 45.4 Å². The number of piperidine rings is 1. The molecule has 1 unspecified atom stereocenters. The molecule has 25 heavy (non-hydrogen) atoms. The lowest BCUT2D eigenvalue weighted by atomic mass is 9.96. The fraction of sp³-hybridized carbons (Fsp3) is 0.611. The van der Waals surface area contributed by atoms with Gasteiger partial charge in [-0.3, -0.25) is 4.79 Å². The predicted octanol–water partition coefficient (Wildman–Crippen LogP) is 2.53. The van der Waals surface area contributed by atoms with E-state index in [4.69, 9.17) is 0 Å². The molecular weight excluding hydrogens is 343 g/mol. The van der Waals surface area contributed by atoms with Crippen LogP contribution in [0.5, 0.6) is 0 Å². The van der Waals surface area contributed by atoms with Crippen LogP contribution >= 0.6 is 0 Å². The number of halogens is 1. The molecule has 1 fully saturated rings. The molecular formula is C18H27FN2O3S. The lowest BCUT2D eigenvalue weighted by Crippen LogP contribution is -2.46. The van der Waals surface area contributed by atoms with Crippen LogP contribution in [0.4, 0.5) is 4.39 Å². The Morgan fingerprint density at radius 1 is 1.20 bits per heavy atom. The number of benzene rings is 1. The summed E-state index contributed by atoms with van der Waals surface area (Å²) < 4.78 is 39.4. The fourth-order valence-corrected chi connectivity index (χ4v) is 4.35. The predicted molar refractivity (Wildman–Crippen MR) is 95.8 cm³/mol. The summed E-state index contributed by atoms with van der Waals surface area (Å²) >= 11 is 0. The van der Waals surface area contributed by atoms with E-state index in [-0.39, 0.29) is 29.4 Å². The van der Waals surface area contributed by atoms with Gasteiger partial charge in [0.2, 0.25) is 15.9 Å². The molecule has 5 nitrogen and oxygen atoms in total. The molecule has 0 bridgehead atoms. The van der Waals surface area contributed by atoms with Gasteiger partial charge in [-0.2, -0.15) is 0 Å². The largest absolute Gasteiger partial charge is 0.353 e. The Morgan fingerprint density at radius 2 is 1.76 bits per heavy atom. The number of rotatable bonds is 6. The van der Waals surface area contributed by atoms with E-state index in [0.29, 0.717) is 37.4 Å². The molecule has 0 aromatic heterocycles. The van der Waals surface area contributed by atoms with Gasteiger partial charge in [0.1, 0.15) is 5.82 Å². The maximum atomic E-state index is 12.9. The minimum absolute atomic E-state index is 0.0109. The van der Waals surface area contributed by atoms with Crippen molar-refractivity contribution in [1.82, 2.24) is 9.62 Å². The van der Waals surface area contributed by atoms with E-state index >= 15 is 0 Å². The molecule has 0 aliphatic carbocycles. The fourth-order valence-electron chi connectivity index (χ4n) is 2.79. The second-order valence-electron chi connectivity index (χ2n) is 7.10. The SMILES string of the molecule is CC(C)C(C)NC(=O)C1CCN(S(=O)(=O)Cc2ccc(F)cc2)CC1. The summed E-state index contributed by atoms with van der Waals surface area (Å²) in [5.74, 6) is -0.298. The molecule has 1 amide bonds. The van der Waals surface area contributed by atoms with E-state index < -0.39 is 10.0 Å². The average molecular weight is 370 g/mol. The van der Waals surface area contributed by atoms with Crippen LogP contribution in [-0.2, 0) is 20.6 Å². The standard InChI is InChI=1S/C18H27FN2O3S/c1-13(2)14(3)20-18(22)16-8-10-21(11-9-16)25(23,24)12-15-4-6-17(19)7-5-15/h4-7,13-14,16H,8-12H2,1-3H3,(H,20,22). The molecule has 1 aromatic carbocycles. The van der Waals surface area contributed by atoms with Crippen molar-refractivity contribution in [2.75, 3.05) is 13.1 Å². The van der Waals surface area contributed by atoms with Crippen molar-refractivity contribution in [3.8, 4) is 0 Å². The number of carbonyl (C=O) groups is 1. The minimum atomic E-state index is -3.46. The minimum Gasteiger partial charge on any atom is -0.353 e. The second-order valence-corrected chi connectivity index (χ2v) is 9.07. The molecule has 0 saturated carbocycles. The smallest absolute Gasteiger partial charge is 0.223 e. The zero-order valence-corrected chi connectivity index (χ0v) is 15.9. The Balaban J connectivity index is 1.90. The highest BCUT2D eigenvalue weighted by Crippen LogP contribution is 2.22. The molecule has 1 aromatic rings. The highest BCUT2D eigenvalue weighted by Gasteiger charge is 2.31. The zero-order chi connectivity index (χ0) is 18.6. The van der Waals surface area contributed by atoms with E-state index in [1.54, 1.807) is 0 Å². The monoisotopic (exact) mass is 370 g/mol. The first-order valence-corrected chi connectivity index (χ1v) is 10.3. The number of nitrogens with zero attached hydrogens (tertiary/aromatic N) is 1. The van der Waals surface area contributed by atoms with Crippen LogP contribution in [0.1, 0.15) is 39.2 Å². The van der Waals surface area contributed by atoms with Crippen molar-refractivity contribution >= 4 is 15.9 Å². The summed E-state index contributed by atoms with van der Waals surface area (Å²) in [6, 6.07) is 5.60. The van der Waals surface area contributed by atoms with Gasteiger partial charge < -0.3 is 5.32 Å². The lowest BCUT2D eigenvalue weighted by Gasteiger charge is -2.31. The van der Waals surface area contributed by atoms with Gasteiger partial charge in [0.05, 0.1) is 5.75 Å². The van der Waals surface area contributed by atoms with E-state index in [1.807, 2.05) is 6.92 Å². The van der Waals surface area contributed by atoms with E-state index in [2.05, 4.69) is 19.2 Å². The van der Waals surface area contributed by atoms with Gasteiger partial charge in [-0.1, -0.05) is 26.0 Å². The Morgan fingerprint density at radius 3 is 2.28 bits per heavy atom. The van der Waals surface area contributed by atoms with Crippen molar-refractivity contribution in [3.63, 3.8) is 0 Å². The van der Waals surface area contributed by atoms with Gasteiger partial charge in [0.15, 0.2) is 0 Å². The van der Waals surface area contributed by atoms with Crippen LogP contribution in [0.3, 0.4) is 0 Å². The summed E-state index contributed by atoms with van der Waals surface area (Å²) in [6.45, 7) is 6.77. The van der Waals surface area contributed by atoms with Gasteiger partial charge >= 0.3 is 0 Å². The number of amides is 1. The average Bonchev–Trinajstić information content (AvgIpc) is 2.56. The maximum Gasteiger partial charge on any atom is 0.223 e. The van der Waals surface area contributed by atoms with E-state index in [1.165, 1.54) is 28.6 Å². The highest BCUT2D eigenvalue weighted by molar-refractivity contribution is 7.88. The van der Waals surface area contributed by atoms with Crippen LogP contribution in [0.25, 0.3) is 0 Å². The topological polar surface area (TPSA) is 66.5 Å². The van der Waals surface area contributed by atoms with Gasteiger partial charge in [-0.15, -0.1) is 0 Å². The quantitative estimate of drug-likeness (QED) is 0.837. The van der Waals surface area contributed by atoms with Gasteiger partial charge in [-0.25, -0.2) is 17.1 Å². The molecule has 1 aliphatic rings. The number of sulfonamides is 1. The first-order chi connectivity index (χ1) is 11.7. The third-order valence-electron chi connectivity index (χ3n) is 4.85. The molecule has 1 atom stereocenters. The Hall–Kier alpha value is -1.47. The van der Waals surface area contributed by atoms with Crippen LogP contribution in [0, 0.1) is 17.7 Å². The first kappa shape index (κ1) is 19.8. The maximum absolute atomic E-state index is 12.9. The van der Waals surface area contributed by atoms with Crippen LogP contribution in [0.2, 0.25) is 0 Å². The lowest BCUT2D eigenvalue weighted by molar-refractivity contribution is -0.127. The molecule has 0 radical (unpaired) electrons. The molecule has 0 spiro atoms. The van der Waals surface area contributed by atoms with Gasteiger partial charge in [0, 0.05) is 25.0 Å². The zero-order valence-electron chi connectivity index (χ0n) is 15.0. The van der Waals surface area contributed by atoms with Crippen LogP contribution in [0.15, 0.2) is 24.3 Å². The summed E-state index contributed by atoms with van der Waals surface area (Å²) in [4.78, 5) is 12.3. The molecule has 140 valence electrons. The van der Waals surface area contributed by atoms with Crippen LogP contribution < -0.4 is 5.32 Å². The van der Waals surface area contributed by atoms with Gasteiger partial charge in [0.25, 0.3) is 0 Å². The normalized spacial score (nSPS) is 18.3. The number of hydrogen-bond acceptors (Lipinski definition) is 3. The van der Waals surface area contributed by atoms with Crippen LogP contribution in [-0.4, -0.2) is 37.8 Å². The van der Waals surface area contributed by atoms with Crippen molar-refractivity contribution in [3.05, 3.63) is 35.6 Å². The molecule has 1 aliphatic heterocycles. The van der Waals surface area contributed by atoms with Crippen molar-refractivity contribution in [2.24, 2.45) is 11.8 Å². The van der Waals surface area contributed by atoms with Crippen molar-refractivity contribution in [1.29, 1.82) is 0 Å². The van der Waals surface area contributed by atoms with E-state index in [0.717, 1.165) is 0 Å². The second kappa shape index (κ2) is 8.27. The Bertz CT molecular complexity index is 681. The van der Waals surface area contributed by atoms with Gasteiger partial charge in [-0.05, 0) is 43.4 Å². The summed E-state index contributed by atoms with van der Waals surface area (Å²) in [5, 5.41) is 3.01. The summed E-state index contributed by atoms with van der Waals surface area (Å²) in [7, 11) is -3.46. The Kier molecular flexibility index (Phi) is 6.57. The molecule has 1 N–H and O–H groups in total. The number of hydrogen-bond donors (Lipinski definition) is 1. The third-order valence-corrected chi connectivity index (χ3v) is 6.70.